The van der Waals surface area contributed by atoms with Crippen molar-refractivity contribution in [1.82, 2.24) is 20.2 Å². The lowest BCUT2D eigenvalue weighted by atomic mass is 10.1. The Balaban J connectivity index is 1.64. The second kappa shape index (κ2) is 5.72. The number of likely N-dealkylation sites (tertiary alicyclic amines) is 1. The van der Waals surface area contributed by atoms with Crippen LogP contribution in [0, 0.1) is 5.92 Å². The van der Waals surface area contributed by atoms with Crippen LogP contribution in [0.3, 0.4) is 0 Å². The van der Waals surface area contributed by atoms with Gasteiger partial charge < -0.3 is 5.32 Å². The Bertz CT molecular complexity index is 527. The topological polar surface area (TPSA) is 58.1 Å². The summed E-state index contributed by atoms with van der Waals surface area (Å²) in [6.45, 7) is 8.52. The minimum atomic E-state index is -0.139. The molecular formula is C16H24N4O. The van der Waals surface area contributed by atoms with Gasteiger partial charge in [0.1, 0.15) is 0 Å². The summed E-state index contributed by atoms with van der Waals surface area (Å²) in [5.74, 6) is 1.18. The number of hydrogen-bond donors (Lipinski definition) is 1. The Hall–Kier alpha value is -1.49. The van der Waals surface area contributed by atoms with Gasteiger partial charge in [0.15, 0.2) is 0 Å². The lowest BCUT2D eigenvalue weighted by Gasteiger charge is -2.20. The standard InChI is InChI=1S/C16H24N4O/c1-10(2)20-8-11(3)14(9-20)19-16(21)15-17-7-6-13(18-15)12-4-5-12/h6-7,10-12,14H,4-5,8-9H2,1-3H3,(H,19,21)/t11-,14-/m0/s1. The van der Waals surface area contributed by atoms with Gasteiger partial charge in [-0.2, -0.15) is 0 Å². The number of amides is 1. The molecule has 1 aromatic rings. The molecule has 3 rings (SSSR count). The van der Waals surface area contributed by atoms with Crippen LogP contribution in [0.1, 0.15) is 55.8 Å². The molecule has 1 saturated heterocycles. The molecule has 1 aliphatic carbocycles. The number of nitrogens with zero attached hydrogens (tertiary/aromatic N) is 3. The molecule has 1 N–H and O–H groups in total. The molecule has 0 spiro atoms. The van der Waals surface area contributed by atoms with Gasteiger partial charge in [-0.3, -0.25) is 9.69 Å². The van der Waals surface area contributed by atoms with Crippen LogP contribution in [0.25, 0.3) is 0 Å². The quantitative estimate of drug-likeness (QED) is 0.918. The maximum atomic E-state index is 12.4. The fourth-order valence-electron chi connectivity index (χ4n) is 2.94. The van der Waals surface area contributed by atoms with Gasteiger partial charge in [-0.15, -0.1) is 0 Å². The first-order valence-electron chi connectivity index (χ1n) is 7.92. The first-order chi connectivity index (χ1) is 10.0. The highest BCUT2D eigenvalue weighted by Crippen LogP contribution is 2.38. The third-order valence-electron chi connectivity index (χ3n) is 4.56. The van der Waals surface area contributed by atoms with E-state index in [1.165, 1.54) is 12.8 Å². The summed E-state index contributed by atoms with van der Waals surface area (Å²) < 4.78 is 0. The number of carbonyl (C=O) groups excluding carboxylic acids is 1. The van der Waals surface area contributed by atoms with Crippen LogP contribution in [0.2, 0.25) is 0 Å². The Morgan fingerprint density at radius 2 is 2.14 bits per heavy atom. The molecule has 2 heterocycles. The Labute approximate surface area is 126 Å². The molecule has 1 saturated carbocycles. The Kier molecular flexibility index (Phi) is 3.93. The predicted octanol–water partition coefficient (Wildman–Crippen LogP) is 1.81. The first kappa shape index (κ1) is 14.4. The van der Waals surface area contributed by atoms with Crippen LogP contribution in [-0.2, 0) is 0 Å². The number of carbonyl (C=O) groups is 1. The van der Waals surface area contributed by atoms with E-state index in [1.807, 2.05) is 6.07 Å². The van der Waals surface area contributed by atoms with E-state index in [0.29, 0.717) is 23.7 Å². The lowest BCUT2D eigenvalue weighted by molar-refractivity contribution is 0.0919. The van der Waals surface area contributed by atoms with Gasteiger partial charge >= 0.3 is 0 Å². The van der Waals surface area contributed by atoms with Gasteiger partial charge in [0.2, 0.25) is 5.82 Å². The lowest BCUT2D eigenvalue weighted by Crippen LogP contribution is -2.41. The Morgan fingerprint density at radius 3 is 2.76 bits per heavy atom. The average Bonchev–Trinajstić information content (AvgIpc) is 3.24. The smallest absolute Gasteiger partial charge is 0.289 e. The summed E-state index contributed by atoms with van der Waals surface area (Å²) in [7, 11) is 0. The maximum absolute atomic E-state index is 12.4. The third-order valence-corrected chi connectivity index (χ3v) is 4.56. The molecule has 114 valence electrons. The van der Waals surface area contributed by atoms with Crippen molar-refractivity contribution in [2.75, 3.05) is 13.1 Å². The molecule has 5 nitrogen and oxygen atoms in total. The van der Waals surface area contributed by atoms with Crippen molar-refractivity contribution in [2.24, 2.45) is 5.92 Å². The van der Waals surface area contributed by atoms with Gasteiger partial charge in [-0.05, 0) is 38.7 Å². The van der Waals surface area contributed by atoms with Crippen molar-refractivity contribution in [3.05, 3.63) is 23.8 Å². The van der Waals surface area contributed by atoms with Crippen LogP contribution >= 0.6 is 0 Å². The summed E-state index contributed by atoms with van der Waals surface area (Å²) in [6, 6.07) is 2.63. The second-order valence-electron chi connectivity index (χ2n) is 6.68. The molecule has 5 heteroatoms. The van der Waals surface area contributed by atoms with Crippen molar-refractivity contribution in [3.8, 4) is 0 Å². The minimum absolute atomic E-state index is 0.139. The molecule has 2 aliphatic rings. The molecule has 2 atom stereocenters. The molecule has 1 amide bonds. The zero-order valence-corrected chi connectivity index (χ0v) is 13.0. The van der Waals surface area contributed by atoms with Crippen molar-refractivity contribution in [2.45, 2.75) is 51.6 Å². The number of hydrogen-bond acceptors (Lipinski definition) is 4. The summed E-state index contributed by atoms with van der Waals surface area (Å²) in [4.78, 5) is 23.3. The first-order valence-corrected chi connectivity index (χ1v) is 7.92. The predicted molar refractivity (Wildman–Crippen MR) is 81.1 cm³/mol. The minimum Gasteiger partial charge on any atom is -0.345 e. The van der Waals surface area contributed by atoms with Crippen LogP contribution in [0.5, 0.6) is 0 Å². The van der Waals surface area contributed by atoms with Crippen LogP contribution in [0.15, 0.2) is 12.3 Å². The molecule has 0 radical (unpaired) electrons. The largest absolute Gasteiger partial charge is 0.345 e. The Morgan fingerprint density at radius 1 is 1.38 bits per heavy atom. The van der Waals surface area contributed by atoms with E-state index in [4.69, 9.17) is 0 Å². The maximum Gasteiger partial charge on any atom is 0.289 e. The van der Waals surface area contributed by atoms with Crippen molar-refractivity contribution in [1.29, 1.82) is 0 Å². The fourth-order valence-corrected chi connectivity index (χ4v) is 2.94. The zero-order valence-electron chi connectivity index (χ0n) is 13.0. The summed E-state index contributed by atoms with van der Waals surface area (Å²) in [5, 5.41) is 3.11. The van der Waals surface area contributed by atoms with Crippen LogP contribution < -0.4 is 5.32 Å². The fraction of sp³-hybridized carbons (Fsp3) is 0.688. The van der Waals surface area contributed by atoms with Crippen LogP contribution in [0.4, 0.5) is 0 Å². The normalized spacial score (nSPS) is 26.3. The highest BCUT2D eigenvalue weighted by atomic mass is 16.2. The molecule has 1 aromatic heterocycles. The summed E-state index contributed by atoms with van der Waals surface area (Å²) in [5.41, 5.74) is 1.01. The van der Waals surface area contributed by atoms with Crippen molar-refractivity contribution < 1.29 is 4.79 Å². The van der Waals surface area contributed by atoms with Gasteiger partial charge in [0, 0.05) is 43.0 Å². The van der Waals surface area contributed by atoms with E-state index < -0.39 is 0 Å². The molecular weight excluding hydrogens is 264 g/mol. The average molecular weight is 288 g/mol. The molecule has 1 aliphatic heterocycles. The SMILES string of the molecule is CC(C)N1C[C@H](NC(=O)c2nccc(C3CC3)n2)[C@@H](C)C1. The molecule has 0 aromatic carbocycles. The zero-order chi connectivity index (χ0) is 15.0. The van der Waals surface area contributed by atoms with Gasteiger partial charge in [-0.25, -0.2) is 9.97 Å². The molecule has 2 fully saturated rings. The molecule has 0 unspecified atom stereocenters. The highest BCUT2D eigenvalue weighted by Gasteiger charge is 2.32. The number of rotatable bonds is 4. The van der Waals surface area contributed by atoms with Crippen molar-refractivity contribution >= 4 is 5.91 Å². The van der Waals surface area contributed by atoms with E-state index in [9.17, 15) is 4.79 Å². The summed E-state index contributed by atoms with van der Waals surface area (Å²) >= 11 is 0. The van der Waals surface area contributed by atoms with E-state index in [1.54, 1.807) is 6.20 Å². The molecule has 0 bridgehead atoms. The number of aromatic nitrogens is 2. The second-order valence-corrected chi connectivity index (χ2v) is 6.68. The monoisotopic (exact) mass is 288 g/mol. The third kappa shape index (κ3) is 3.23. The molecule has 21 heavy (non-hydrogen) atoms. The van der Waals surface area contributed by atoms with E-state index in [2.05, 4.69) is 41.0 Å². The van der Waals surface area contributed by atoms with Gasteiger partial charge in [0.05, 0.1) is 0 Å². The van der Waals surface area contributed by atoms with Crippen molar-refractivity contribution in [3.63, 3.8) is 0 Å². The highest BCUT2D eigenvalue weighted by molar-refractivity contribution is 5.90. The summed E-state index contributed by atoms with van der Waals surface area (Å²) in [6.07, 6.45) is 4.07. The van der Waals surface area contributed by atoms with Gasteiger partial charge in [-0.1, -0.05) is 6.92 Å². The van der Waals surface area contributed by atoms with Gasteiger partial charge in [0.25, 0.3) is 5.91 Å². The van der Waals surface area contributed by atoms with E-state index >= 15 is 0 Å². The van der Waals surface area contributed by atoms with Crippen LogP contribution in [-0.4, -0.2) is 45.9 Å². The van der Waals surface area contributed by atoms with E-state index in [-0.39, 0.29) is 11.9 Å². The van der Waals surface area contributed by atoms with E-state index in [0.717, 1.165) is 18.8 Å². The number of nitrogens with one attached hydrogen (secondary N) is 1.